The van der Waals surface area contributed by atoms with E-state index in [1.54, 1.807) is 28.6 Å². The van der Waals surface area contributed by atoms with E-state index >= 15 is 0 Å². The fraction of sp³-hybridized carbons (Fsp3) is 0.565. The Morgan fingerprint density at radius 1 is 1.00 bits per heavy atom. The summed E-state index contributed by atoms with van der Waals surface area (Å²) in [5.41, 5.74) is 0. The Bertz CT molecular complexity index is 744. The highest BCUT2D eigenvalue weighted by Gasteiger charge is 2.35. The normalized spacial score (nSPS) is 21.0. The average molecular weight is 454 g/mol. The molecular formula is C23H34ClN2O3S. The van der Waals surface area contributed by atoms with E-state index in [1.807, 2.05) is 0 Å². The lowest BCUT2D eigenvalue weighted by atomic mass is 9.90. The second-order valence-electron chi connectivity index (χ2n) is 7.78. The van der Waals surface area contributed by atoms with Crippen LogP contribution in [0.5, 0.6) is 0 Å². The molecule has 1 aliphatic carbocycles. The monoisotopic (exact) mass is 453 g/mol. The summed E-state index contributed by atoms with van der Waals surface area (Å²) in [4.78, 5) is 12.8. The van der Waals surface area contributed by atoms with E-state index in [2.05, 4.69) is 5.32 Å². The van der Waals surface area contributed by atoms with Crippen LogP contribution in [0.2, 0.25) is 5.02 Å². The number of halogens is 1. The van der Waals surface area contributed by atoms with Gasteiger partial charge in [0.15, 0.2) is 0 Å². The van der Waals surface area contributed by atoms with Crippen LogP contribution in [0.3, 0.4) is 0 Å². The predicted octanol–water partition coefficient (Wildman–Crippen LogP) is 4.97. The Kier molecular flexibility index (Phi) is 11.4. The SMILES string of the molecule is O=C(NCCC1CCCN1S(=O)(=O)c1ccc(Cl)cc1)[C]1CCCCCCC1.[CH2].[CH2]. The molecule has 5 nitrogen and oxygen atoms in total. The number of hydrogen-bond donors (Lipinski definition) is 1. The number of benzene rings is 1. The van der Waals surface area contributed by atoms with Crippen LogP contribution in [0.25, 0.3) is 0 Å². The van der Waals surface area contributed by atoms with Gasteiger partial charge in [0.2, 0.25) is 15.9 Å². The predicted molar refractivity (Wildman–Crippen MR) is 122 cm³/mol. The lowest BCUT2D eigenvalue weighted by Crippen LogP contribution is -2.38. The van der Waals surface area contributed by atoms with Crippen molar-refractivity contribution >= 4 is 27.5 Å². The van der Waals surface area contributed by atoms with Gasteiger partial charge in [0, 0.05) is 24.2 Å². The van der Waals surface area contributed by atoms with E-state index in [0.29, 0.717) is 24.5 Å². The third-order valence-corrected chi connectivity index (χ3v) is 8.00. The molecule has 1 aromatic rings. The minimum Gasteiger partial charge on any atom is -0.356 e. The van der Waals surface area contributed by atoms with Crippen LogP contribution in [-0.4, -0.2) is 37.8 Å². The second kappa shape index (κ2) is 12.7. The summed E-state index contributed by atoms with van der Waals surface area (Å²) < 4.78 is 27.5. The maximum absolute atomic E-state index is 13.0. The van der Waals surface area contributed by atoms with E-state index in [9.17, 15) is 13.2 Å². The van der Waals surface area contributed by atoms with Crippen molar-refractivity contribution in [2.45, 2.75) is 75.1 Å². The van der Waals surface area contributed by atoms with Crippen LogP contribution in [0.15, 0.2) is 29.2 Å². The van der Waals surface area contributed by atoms with Crippen LogP contribution >= 0.6 is 11.6 Å². The van der Waals surface area contributed by atoms with E-state index in [0.717, 1.165) is 44.4 Å². The third kappa shape index (κ3) is 6.96. The van der Waals surface area contributed by atoms with Crippen molar-refractivity contribution in [2.75, 3.05) is 13.1 Å². The van der Waals surface area contributed by atoms with E-state index in [-0.39, 0.29) is 31.7 Å². The van der Waals surface area contributed by atoms with Crippen LogP contribution < -0.4 is 5.32 Å². The van der Waals surface area contributed by atoms with Crippen molar-refractivity contribution in [1.29, 1.82) is 0 Å². The molecule has 1 aliphatic heterocycles. The highest BCUT2D eigenvalue weighted by Crippen LogP contribution is 2.28. The average Bonchev–Trinajstić information content (AvgIpc) is 3.11. The largest absolute Gasteiger partial charge is 0.356 e. The van der Waals surface area contributed by atoms with Gasteiger partial charge in [-0.1, -0.05) is 58.6 Å². The molecule has 1 aromatic carbocycles. The molecule has 1 atom stereocenters. The molecule has 167 valence electrons. The summed E-state index contributed by atoms with van der Waals surface area (Å²) >= 11 is 5.88. The molecule has 0 bridgehead atoms. The van der Waals surface area contributed by atoms with Gasteiger partial charge in [-0.15, -0.1) is 0 Å². The molecule has 2 fully saturated rings. The fourth-order valence-corrected chi connectivity index (χ4v) is 6.04. The summed E-state index contributed by atoms with van der Waals surface area (Å²) in [5.74, 6) is 1.07. The first-order valence-electron chi connectivity index (χ1n) is 10.4. The van der Waals surface area contributed by atoms with Gasteiger partial charge in [-0.2, -0.15) is 4.31 Å². The second-order valence-corrected chi connectivity index (χ2v) is 10.1. The molecule has 1 amide bonds. The first-order chi connectivity index (χ1) is 13.5. The van der Waals surface area contributed by atoms with Crippen molar-refractivity contribution in [1.82, 2.24) is 9.62 Å². The van der Waals surface area contributed by atoms with Crippen molar-refractivity contribution < 1.29 is 13.2 Å². The van der Waals surface area contributed by atoms with Crippen LogP contribution in [0.1, 0.15) is 64.2 Å². The van der Waals surface area contributed by atoms with Gasteiger partial charge >= 0.3 is 0 Å². The number of carbonyl (C=O) groups excluding carboxylic acids is 1. The van der Waals surface area contributed by atoms with Crippen molar-refractivity contribution in [3.8, 4) is 0 Å². The molecule has 1 unspecified atom stereocenters. The van der Waals surface area contributed by atoms with Gasteiger partial charge in [0.25, 0.3) is 0 Å². The van der Waals surface area contributed by atoms with Crippen LogP contribution in [0, 0.1) is 20.8 Å². The molecule has 30 heavy (non-hydrogen) atoms. The first kappa shape index (κ1) is 26.9. The molecule has 0 spiro atoms. The Balaban J connectivity index is 0.00000225. The van der Waals surface area contributed by atoms with Gasteiger partial charge in [-0.3, -0.25) is 4.79 Å². The maximum Gasteiger partial charge on any atom is 0.243 e. The molecule has 1 N–H and O–H groups in total. The number of sulfonamides is 1. The number of carbonyl (C=O) groups is 1. The lowest BCUT2D eigenvalue weighted by Gasteiger charge is -2.25. The molecule has 0 aromatic heterocycles. The van der Waals surface area contributed by atoms with Crippen LogP contribution in [0.4, 0.5) is 0 Å². The van der Waals surface area contributed by atoms with Crippen molar-refractivity contribution in [2.24, 2.45) is 0 Å². The van der Waals surface area contributed by atoms with Gasteiger partial charge < -0.3 is 5.32 Å². The Labute approximate surface area is 188 Å². The molecule has 2 aliphatic rings. The quantitative estimate of drug-likeness (QED) is 0.660. The summed E-state index contributed by atoms with van der Waals surface area (Å²) in [6.07, 6.45) is 9.99. The van der Waals surface area contributed by atoms with Gasteiger partial charge in [-0.05, 0) is 56.4 Å². The summed E-state index contributed by atoms with van der Waals surface area (Å²) in [6, 6.07) is 6.25. The Hall–Kier alpha value is -1.11. The van der Waals surface area contributed by atoms with E-state index in [1.165, 1.54) is 19.3 Å². The molecule has 1 saturated heterocycles. The minimum absolute atomic E-state index is 0. The highest BCUT2D eigenvalue weighted by molar-refractivity contribution is 7.89. The zero-order valence-electron chi connectivity index (χ0n) is 17.7. The number of amides is 1. The zero-order chi connectivity index (χ0) is 20.0. The van der Waals surface area contributed by atoms with E-state index in [4.69, 9.17) is 11.6 Å². The molecule has 5 radical (unpaired) electrons. The summed E-state index contributed by atoms with van der Waals surface area (Å²) in [5, 5.41) is 3.55. The number of rotatable bonds is 6. The first-order valence-corrected chi connectivity index (χ1v) is 12.2. The van der Waals surface area contributed by atoms with Gasteiger partial charge in [0.05, 0.1) is 10.8 Å². The molecule has 1 saturated carbocycles. The number of hydrogen-bond acceptors (Lipinski definition) is 3. The zero-order valence-corrected chi connectivity index (χ0v) is 19.3. The highest BCUT2D eigenvalue weighted by atomic mass is 35.5. The Morgan fingerprint density at radius 2 is 1.60 bits per heavy atom. The summed E-state index contributed by atoms with van der Waals surface area (Å²) in [7, 11) is -3.53. The lowest BCUT2D eigenvalue weighted by molar-refractivity contribution is -0.119. The van der Waals surface area contributed by atoms with Crippen molar-refractivity contribution in [3.63, 3.8) is 0 Å². The standard InChI is InChI=1S/C21H30ClN2O3S.2CH2/c22-18-10-12-20(13-11-18)28(26,27)24-16-6-9-19(24)14-15-23-21(25)17-7-4-2-1-3-5-8-17;;/h10-13,19H,1-9,14-16H2,(H,23,25);2*1H2. The number of nitrogens with zero attached hydrogens (tertiary/aromatic N) is 1. The van der Waals surface area contributed by atoms with Gasteiger partial charge in [0.1, 0.15) is 0 Å². The topological polar surface area (TPSA) is 66.5 Å². The maximum atomic E-state index is 13.0. The van der Waals surface area contributed by atoms with Gasteiger partial charge in [-0.25, -0.2) is 8.42 Å². The minimum atomic E-state index is -3.53. The van der Waals surface area contributed by atoms with Crippen LogP contribution in [-0.2, 0) is 14.8 Å². The fourth-order valence-electron chi connectivity index (χ4n) is 4.19. The van der Waals surface area contributed by atoms with E-state index < -0.39 is 10.0 Å². The summed E-state index contributed by atoms with van der Waals surface area (Å²) in [6.45, 7) is 1.04. The Morgan fingerprint density at radius 3 is 2.23 bits per heavy atom. The molecule has 1 heterocycles. The molecule has 3 rings (SSSR count). The number of nitrogens with one attached hydrogen (secondary N) is 1. The molecule has 7 heteroatoms. The third-order valence-electron chi connectivity index (χ3n) is 5.78. The molecular weight excluding hydrogens is 420 g/mol. The smallest absolute Gasteiger partial charge is 0.243 e. The van der Waals surface area contributed by atoms with Crippen molar-refractivity contribution in [3.05, 3.63) is 50.1 Å².